The first kappa shape index (κ1) is 17.5. The van der Waals surface area contributed by atoms with Gasteiger partial charge in [0.2, 0.25) is 5.91 Å². The minimum Gasteiger partial charge on any atom is -0.465 e. The molecule has 0 aliphatic rings. The van der Waals surface area contributed by atoms with Gasteiger partial charge in [0.05, 0.1) is 17.9 Å². The number of thiophene rings is 1. The molecule has 0 fully saturated rings. The predicted molar refractivity (Wildman–Crippen MR) is 84.2 cm³/mol. The van der Waals surface area contributed by atoms with E-state index in [9.17, 15) is 9.59 Å². The van der Waals surface area contributed by atoms with Gasteiger partial charge in [-0.1, -0.05) is 0 Å². The first-order chi connectivity index (χ1) is 10.1. The van der Waals surface area contributed by atoms with Gasteiger partial charge >= 0.3 is 5.97 Å². The molecule has 0 radical (unpaired) electrons. The third kappa shape index (κ3) is 6.16. The summed E-state index contributed by atoms with van der Waals surface area (Å²) in [6, 6.07) is 3.02. The zero-order chi connectivity index (χ0) is 15.7. The lowest BCUT2D eigenvalue weighted by Crippen LogP contribution is -2.32. The number of nitrogens with two attached hydrogens (primary N) is 1. The number of ether oxygens (including phenoxy) is 1. The van der Waals surface area contributed by atoms with E-state index < -0.39 is 12.0 Å². The number of nitriles is 1. The van der Waals surface area contributed by atoms with Crippen molar-refractivity contribution in [2.24, 2.45) is 5.73 Å². The van der Waals surface area contributed by atoms with Gasteiger partial charge in [0.15, 0.2) is 0 Å². The molecule has 0 spiro atoms. The van der Waals surface area contributed by atoms with Crippen molar-refractivity contribution in [3.05, 3.63) is 17.0 Å². The molecule has 1 aromatic heterocycles. The fourth-order valence-corrected chi connectivity index (χ4v) is 2.98. The minimum absolute atomic E-state index is 0.177. The highest BCUT2D eigenvalue weighted by Crippen LogP contribution is 2.22. The van der Waals surface area contributed by atoms with E-state index in [-0.39, 0.29) is 11.7 Å². The van der Waals surface area contributed by atoms with E-state index in [2.05, 4.69) is 5.32 Å². The van der Waals surface area contributed by atoms with E-state index in [0.717, 1.165) is 0 Å². The highest BCUT2D eigenvalue weighted by atomic mass is 32.2. The average Bonchev–Trinajstić information content (AvgIpc) is 2.90. The van der Waals surface area contributed by atoms with Crippen molar-refractivity contribution in [2.75, 3.05) is 23.4 Å². The highest BCUT2D eigenvalue weighted by Gasteiger charge is 2.14. The molecule has 114 valence electrons. The molecule has 1 amide bonds. The van der Waals surface area contributed by atoms with Crippen LogP contribution in [0, 0.1) is 11.3 Å². The van der Waals surface area contributed by atoms with Crippen LogP contribution >= 0.6 is 23.1 Å². The number of nitrogens with one attached hydrogen (secondary N) is 1. The van der Waals surface area contributed by atoms with Crippen molar-refractivity contribution in [2.45, 2.75) is 19.4 Å². The Morgan fingerprint density at radius 3 is 3.05 bits per heavy atom. The van der Waals surface area contributed by atoms with Gasteiger partial charge in [-0.25, -0.2) is 0 Å². The Hall–Kier alpha value is -1.56. The van der Waals surface area contributed by atoms with E-state index in [1.165, 1.54) is 23.1 Å². The van der Waals surface area contributed by atoms with Crippen LogP contribution in [0.2, 0.25) is 0 Å². The number of carbonyl (C=O) groups excluding carboxylic acids is 2. The summed E-state index contributed by atoms with van der Waals surface area (Å²) < 4.78 is 4.80. The standard InChI is InChI=1S/C13H17N3O3S2/c1-2-19-13(18)10(15)4-5-20-8-11(17)16-12-9(7-14)3-6-21-12/h3,6,10H,2,4-5,8,15H2,1H3,(H,16,17). The molecule has 1 unspecified atom stereocenters. The lowest BCUT2D eigenvalue weighted by Gasteiger charge is -2.09. The van der Waals surface area contributed by atoms with Gasteiger partial charge in [-0.05, 0) is 30.5 Å². The van der Waals surface area contributed by atoms with Crippen molar-refractivity contribution >= 4 is 40.0 Å². The number of amides is 1. The molecule has 1 aromatic rings. The molecule has 6 nitrogen and oxygen atoms in total. The smallest absolute Gasteiger partial charge is 0.322 e. The van der Waals surface area contributed by atoms with E-state index in [1.807, 2.05) is 6.07 Å². The summed E-state index contributed by atoms with van der Waals surface area (Å²) >= 11 is 2.69. The fourth-order valence-electron chi connectivity index (χ4n) is 1.40. The summed E-state index contributed by atoms with van der Waals surface area (Å²) in [5.41, 5.74) is 6.11. The second kappa shape index (κ2) is 9.39. The minimum atomic E-state index is -0.650. The summed E-state index contributed by atoms with van der Waals surface area (Å²) in [5, 5.41) is 13.8. The number of rotatable bonds is 8. The number of esters is 1. The number of anilines is 1. The molecule has 21 heavy (non-hydrogen) atoms. The van der Waals surface area contributed by atoms with Crippen LogP contribution in [-0.4, -0.2) is 36.0 Å². The van der Waals surface area contributed by atoms with Gasteiger partial charge < -0.3 is 15.8 Å². The van der Waals surface area contributed by atoms with E-state index >= 15 is 0 Å². The molecule has 8 heteroatoms. The molecular weight excluding hydrogens is 310 g/mol. The van der Waals surface area contributed by atoms with Crippen LogP contribution in [0.3, 0.4) is 0 Å². The molecular formula is C13H17N3O3S2. The van der Waals surface area contributed by atoms with Gasteiger partial charge in [-0.3, -0.25) is 9.59 Å². The second-order valence-electron chi connectivity index (χ2n) is 4.02. The summed E-state index contributed by atoms with van der Waals surface area (Å²) in [6.07, 6.45) is 0.458. The quantitative estimate of drug-likeness (QED) is 0.554. The Morgan fingerprint density at radius 1 is 1.62 bits per heavy atom. The van der Waals surface area contributed by atoms with Gasteiger partial charge in [0.25, 0.3) is 0 Å². The molecule has 1 rings (SSSR count). The van der Waals surface area contributed by atoms with Gasteiger partial charge in [-0.2, -0.15) is 17.0 Å². The van der Waals surface area contributed by atoms with Crippen LogP contribution < -0.4 is 11.1 Å². The van der Waals surface area contributed by atoms with Gasteiger partial charge in [0, 0.05) is 0 Å². The molecule has 0 bridgehead atoms. The van der Waals surface area contributed by atoms with Gasteiger partial charge in [-0.15, -0.1) is 11.3 Å². The number of hydrogen-bond donors (Lipinski definition) is 2. The maximum atomic E-state index is 11.7. The summed E-state index contributed by atoms with van der Waals surface area (Å²) in [5.74, 6) is 0.241. The Balaban J connectivity index is 2.23. The number of thioether (sulfide) groups is 1. The van der Waals surface area contributed by atoms with Crippen LogP contribution in [0.4, 0.5) is 5.00 Å². The van der Waals surface area contributed by atoms with Crippen molar-refractivity contribution < 1.29 is 14.3 Å². The first-order valence-corrected chi connectivity index (χ1v) is 8.39. The Labute approximate surface area is 131 Å². The lowest BCUT2D eigenvalue weighted by molar-refractivity contribution is -0.144. The summed E-state index contributed by atoms with van der Waals surface area (Å²) in [7, 11) is 0. The van der Waals surface area contributed by atoms with Crippen molar-refractivity contribution in [1.82, 2.24) is 0 Å². The number of nitrogens with zero attached hydrogens (tertiary/aromatic N) is 1. The number of hydrogen-bond acceptors (Lipinski definition) is 7. The predicted octanol–water partition coefficient (Wildman–Crippen LogP) is 1.57. The molecule has 0 aliphatic heterocycles. The fraction of sp³-hybridized carbons (Fsp3) is 0.462. The normalized spacial score (nSPS) is 11.5. The first-order valence-electron chi connectivity index (χ1n) is 6.35. The zero-order valence-electron chi connectivity index (χ0n) is 11.6. The molecule has 0 aromatic carbocycles. The van der Waals surface area contributed by atoms with Crippen LogP contribution in [0.5, 0.6) is 0 Å². The van der Waals surface area contributed by atoms with E-state index in [4.69, 9.17) is 15.7 Å². The number of carbonyl (C=O) groups is 2. The maximum absolute atomic E-state index is 11.7. The van der Waals surface area contributed by atoms with Gasteiger partial charge in [0.1, 0.15) is 17.1 Å². The third-order valence-electron chi connectivity index (χ3n) is 2.43. The Kier molecular flexibility index (Phi) is 7.82. The largest absolute Gasteiger partial charge is 0.465 e. The molecule has 0 saturated carbocycles. The molecule has 1 atom stereocenters. The highest BCUT2D eigenvalue weighted by molar-refractivity contribution is 7.99. The Morgan fingerprint density at radius 2 is 2.38 bits per heavy atom. The summed E-state index contributed by atoms with van der Waals surface area (Å²) in [6.45, 7) is 2.04. The van der Waals surface area contributed by atoms with Crippen LogP contribution in [0.25, 0.3) is 0 Å². The topological polar surface area (TPSA) is 105 Å². The van der Waals surface area contributed by atoms with E-state index in [1.54, 1.807) is 18.4 Å². The lowest BCUT2D eigenvalue weighted by atomic mass is 10.2. The molecule has 0 aliphatic carbocycles. The maximum Gasteiger partial charge on any atom is 0.322 e. The monoisotopic (exact) mass is 327 g/mol. The average molecular weight is 327 g/mol. The zero-order valence-corrected chi connectivity index (χ0v) is 13.3. The Bertz CT molecular complexity index is 525. The third-order valence-corrected chi connectivity index (χ3v) is 4.25. The summed E-state index contributed by atoms with van der Waals surface area (Å²) in [4.78, 5) is 23.0. The van der Waals surface area contributed by atoms with Crippen molar-refractivity contribution in [3.63, 3.8) is 0 Å². The van der Waals surface area contributed by atoms with Crippen molar-refractivity contribution in [3.8, 4) is 6.07 Å². The van der Waals surface area contributed by atoms with Crippen LogP contribution in [0.1, 0.15) is 18.9 Å². The second-order valence-corrected chi connectivity index (χ2v) is 6.04. The molecule has 0 saturated heterocycles. The van der Waals surface area contributed by atoms with E-state index in [0.29, 0.717) is 29.3 Å². The SMILES string of the molecule is CCOC(=O)C(N)CCSCC(=O)Nc1sccc1C#N. The van der Waals surface area contributed by atoms with Crippen LogP contribution in [0.15, 0.2) is 11.4 Å². The van der Waals surface area contributed by atoms with Crippen molar-refractivity contribution in [1.29, 1.82) is 5.26 Å². The van der Waals surface area contributed by atoms with Crippen LogP contribution in [-0.2, 0) is 14.3 Å². The molecule has 3 N–H and O–H groups in total. The molecule has 1 heterocycles.